The average Bonchev–Trinajstić information content (AvgIpc) is 2.43. The summed E-state index contributed by atoms with van der Waals surface area (Å²) in [6.07, 6.45) is 0.981. The number of nitrogens with two attached hydrogens (primary N) is 1. The predicted octanol–water partition coefficient (Wildman–Crippen LogP) is 0.394. The fourth-order valence-corrected chi connectivity index (χ4v) is 2.31. The molecule has 0 aromatic carbocycles. The van der Waals surface area contributed by atoms with Crippen molar-refractivity contribution in [3.05, 3.63) is 0 Å². The van der Waals surface area contributed by atoms with Crippen LogP contribution >= 0.6 is 0 Å². The van der Waals surface area contributed by atoms with Gasteiger partial charge < -0.3 is 15.2 Å². The molecule has 1 aliphatic rings. The number of nitrogens with zero attached hydrogens (tertiary/aromatic N) is 2. The maximum atomic E-state index is 5.82. The summed E-state index contributed by atoms with van der Waals surface area (Å²) < 4.78 is 10.6. The second-order valence-corrected chi connectivity index (χ2v) is 5.80. The van der Waals surface area contributed by atoms with E-state index in [1.807, 2.05) is 0 Å². The smallest absolute Gasteiger partial charge is 0.0593 e. The Kier molecular flexibility index (Phi) is 7.87. The van der Waals surface area contributed by atoms with Crippen molar-refractivity contribution >= 4 is 0 Å². The van der Waals surface area contributed by atoms with Crippen molar-refractivity contribution in [2.24, 2.45) is 5.73 Å². The summed E-state index contributed by atoms with van der Waals surface area (Å²) in [5.74, 6) is 0. The van der Waals surface area contributed by atoms with E-state index in [-0.39, 0.29) is 5.54 Å². The van der Waals surface area contributed by atoms with Gasteiger partial charge in [-0.05, 0) is 20.3 Å². The number of piperazine rings is 1. The zero-order chi connectivity index (χ0) is 14.1. The average molecular weight is 273 g/mol. The van der Waals surface area contributed by atoms with Gasteiger partial charge in [-0.3, -0.25) is 9.80 Å². The van der Waals surface area contributed by atoms with Crippen molar-refractivity contribution in [2.45, 2.75) is 25.8 Å². The van der Waals surface area contributed by atoms with Gasteiger partial charge >= 0.3 is 0 Å². The SMILES string of the molecule is COCCCOCCN1CCN(C(C)(C)CN)CC1. The molecule has 1 heterocycles. The van der Waals surface area contributed by atoms with Crippen LogP contribution in [0.25, 0.3) is 0 Å². The number of ether oxygens (including phenoxy) is 2. The summed E-state index contributed by atoms with van der Waals surface area (Å²) >= 11 is 0. The molecule has 0 amide bonds. The predicted molar refractivity (Wildman–Crippen MR) is 78.5 cm³/mol. The third kappa shape index (κ3) is 6.19. The van der Waals surface area contributed by atoms with Crippen LogP contribution in [0.4, 0.5) is 0 Å². The Labute approximate surface area is 118 Å². The minimum Gasteiger partial charge on any atom is -0.385 e. The van der Waals surface area contributed by atoms with Crippen LogP contribution < -0.4 is 5.73 Å². The maximum Gasteiger partial charge on any atom is 0.0593 e. The van der Waals surface area contributed by atoms with Crippen LogP contribution in [0.5, 0.6) is 0 Å². The summed E-state index contributed by atoms with van der Waals surface area (Å²) in [4.78, 5) is 4.96. The van der Waals surface area contributed by atoms with Gasteiger partial charge in [0.05, 0.1) is 6.61 Å². The van der Waals surface area contributed by atoms with E-state index >= 15 is 0 Å². The quantitative estimate of drug-likeness (QED) is 0.616. The Bertz CT molecular complexity index is 229. The van der Waals surface area contributed by atoms with E-state index in [0.717, 1.165) is 65.5 Å². The molecule has 1 fully saturated rings. The van der Waals surface area contributed by atoms with E-state index in [4.69, 9.17) is 15.2 Å². The number of hydrogen-bond acceptors (Lipinski definition) is 5. The van der Waals surface area contributed by atoms with E-state index in [1.54, 1.807) is 7.11 Å². The molecule has 0 atom stereocenters. The third-order valence-electron chi connectivity index (χ3n) is 3.92. The summed E-state index contributed by atoms with van der Waals surface area (Å²) in [6.45, 7) is 13.0. The summed E-state index contributed by atoms with van der Waals surface area (Å²) in [7, 11) is 1.72. The van der Waals surface area contributed by atoms with Crippen molar-refractivity contribution < 1.29 is 9.47 Å². The van der Waals surface area contributed by atoms with Crippen LogP contribution in [-0.2, 0) is 9.47 Å². The molecule has 0 bridgehead atoms. The van der Waals surface area contributed by atoms with Gasteiger partial charge in [0.15, 0.2) is 0 Å². The molecule has 2 N–H and O–H groups in total. The number of methoxy groups -OCH3 is 1. The van der Waals surface area contributed by atoms with Gasteiger partial charge in [0.1, 0.15) is 0 Å². The molecule has 0 unspecified atom stereocenters. The number of hydrogen-bond donors (Lipinski definition) is 1. The molecule has 0 aromatic rings. The Morgan fingerprint density at radius 2 is 1.74 bits per heavy atom. The first kappa shape index (κ1) is 16.9. The zero-order valence-corrected chi connectivity index (χ0v) is 12.9. The Morgan fingerprint density at radius 1 is 1.05 bits per heavy atom. The van der Waals surface area contributed by atoms with Crippen LogP contribution in [0.3, 0.4) is 0 Å². The van der Waals surface area contributed by atoms with E-state index in [2.05, 4.69) is 23.6 Å². The molecule has 0 aliphatic carbocycles. The van der Waals surface area contributed by atoms with Crippen molar-refractivity contribution in [2.75, 3.05) is 66.2 Å². The van der Waals surface area contributed by atoms with Crippen LogP contribution in [0.2, 0.25) is 0 Å². The largest absolute Gasteiger partial charge is 0.385 e. The lowest BCUT2D eigenvalue weighted by atomic mass is 10.0. The Morgan fingerprint density at radius 3 is 2.32 bits per heavy atom. The molecule has 0 radical (unpaired) electrons. The van der Waals surface area contributed by atoms with Crippen LogP contribution in [-0.4, -0.2) is 81.5 Å². The first-order chi connectivity index (χ1) is 9.10. The Hall–Kier alpha value is -0.200. The molecule has 114 valence electrons. The van der Waals surface area contributed by atoms with Crippen LogP contribution in [0.1, 0.15) is 20.3 Å². The third-order valence-corrected chi connectivity index (χ3v) is 3.92. The molecule has 1 rings (SSSR count). The highest BCUT2D eigenvalue weighted by Crippen LogP contribution is 2.15. The summed E-state index contributed by atoms with van der Waals surface area (Å²) in [6, 6.07) is 0. The number of rotatable bonds is 9. The van der Waals surface area contributed by atoms with Crippen LogP contribution in [0.15, 0.2) is 0 Å². The minimum absolute atomic E-state index is 0.128. The first-order valence-electron chi connectivity index (χ1n) is 7.34. The molecular weight excluding hydrogens is 242 g/mol. The van der Waals surface area contributed by atoms with Crippen molar-refractivity contribution in [3.63, 3.8) is 0 Å². The topological polar surface area (TPSA) is 51.0 Å². The zero-order valence-electron chi connectivity index (χ0n) is 12.9. The highest BCUT2D eigenvalue weighted by molar-refractivity contribution is 4.86. The highest BCUT2D eigenvalue weighted by Gasteiger charge is 2.28. The standard InChI is InChI=1S/C14H31N3O2/c1-14(2,13-15)17-7-5-16(6-8-17)9-12-19-11-4-10-18-3/h4-13,15H2,1-3H3. The van der Waals surface area contributed by atoms with Gasteiger partial charge in [0.25, 0.3) is 0 Å². The van der Waals surface area contributed by atoms with Crippen molar-refractivity contribution in [3.8, 4) is 0 Å². The van der Waals surface area contributed by atoms with E-state index < -0.39 is 0 Å². The van der Waals surface area contributed by atoms with E-state index in [1.165, 1.54) is 0 Å². The lowest BCUT2D eigenvalue weighted by Crippen LogP contribution is -2.57. The van der Waals surface area contributed by atoms with E-state index in [9.17, 15) is 0 Å². The fraction of sp³-hybridized carbons (Fsp3) is 1.00. The molecular formula is C14H31N3O2. The van der Waals surface area contributed by atoms with Crippen LogP contribution in [0, 0.1) is 0 Å². The van der Waals surface area contributed by atoms with Gasteiger partial charge in [-0.1, -0.05) is 0 Å². The van der Waals surface area contributed by atoms with Gasteiger partial charge in [0.2, 0.25) is 0 Å². The molecule has 5 heteroatoms. The molecule has 5 nitrogen and oxygen atoms in total. The normalized spacial score (nSPS) is 18.9. The fourth-order valence-electron chi connectivity index (χ4n) is 2.31. The minimum atomic E-state index is 0.128. The first-order valence-corrected chi connectivity index (χ1v) is 7.34. The molecule has 1 saturated heterocycles. The second kappa shape index (κ2) is 8.87. The van der Waals surface area contributed by atoms with Crippen molar-refractivity contribution in [1.29, 1.82) is 0 Å². The van der Waals surface area contributed by atoms with Gasteiger partial charge in [0, 0.05) is 65.1 Å². The molecule has 1 aliphatic heterocycles. The molecule has 0 aromatic heterocycles. The van der Waals surface area contributed by atoms with E-state index in [0.29, 0.717) is 0 Å². The van der Waals surface area contributed by atoms with Crippen molar-refractivity contribution in [1.82, 2.24) is 9.80 Å². The second-order valence-electron chi connectivity index (χ2n) is 5.80. The highest BCUT2D eigenvalue weighted by atomic mass is 16.5. The maximum absolute atomic E-state index is 5.82. The molecule has 0 spiro atoms. The summed E-state index contributed by atoms with van der Waals surface area (Å²) in [5.41, 5.74) is 5.95. The summed E-state index contributed by atoms with van der Waals surface area (Å²) in [5, 5.41) is 0. The Balaban J connectivity index is 2.07. The van der Waals surface area contributed by atoms with Gasteiger partial charge in [-0.15, -0.1) is 0 Å². The lowest BCUT2D eigenvalue weighted by Gasteiger charge is -2.43. The van der Waals surface area contributed by atoms with Gasteiger partial charge in [-0.2, -0.15) is 0 Å². The van der Waals surface area contributed by atoms with Gasteiger partial charge in [-0.25, -0.2) is 0 Å². The lowest BCUT2D eigenvalue weighted by molar-refractivity contribution is 0.0350. The molecule has 0 saturated carbocycles. The monoisotopic (exact) mass is 273 g/mol. The molecule has 19 heavy (non-hydrogen) atoms.